The molecule has 1 N–H and O–H groups in total. The molecule has 1 aromatic heterocycles. The molecule has 0 saturated carbocycles. The van der Waals surface area contributed by atoms with Crippen LogP contribution in [0.4, 0.5) is 0 Å². The second kappa shape index (κ2) is 7.60. The second-order valence-corrected chi connectivity index (χ2v) is 5.73. The van der Waals surface area contributed by atoms with Crippen molar-refractivity contribution < 1.29 is 4.74 Å². The highest BCUT2D eigenvalue weighted by Gasteiger charge is 2.25. The molecule has 0 aromatic carbocycles. The summed E-state index contributed by atoms with van der Waals surface area (Å²) in [7, 11) is 1.73. The van der Waals surface area contributed by atoms with Gasteiger partial charge in [-0.05, 0) is 25.7 Å². The molecule has 1 heterocycles. The predicted molar refractivity (Wildman–Crippen MR) is 77.3 cm³/mol. The van der Waals surface area contributed by atoms with Gasteiger partial charge in [-0.1, -0.05) is 13.8 Å². The van der Waals surface area contributed by atoms with Crippen molar-refractivity contribution in [3.8, 4) is 0 Å². The van der Waals surface area contributed by atoms with Gasteiger partial charge in [0.2, 0.25) is 0 Å². The van der Waals surface area contributed by atoms with Gasteiger partial charge in [0.25, 0.3) is 0 Å². The van der Waals surface area contributed by atoms with Gasteiger partial charge in [-0.25, -0.2) is 9.67 Å². The number of nitrogens with zero attached hydrogens (tertiary/aromatic N) is 3. The van der Waals surface area contributed by atoms with Crippen molar-refractivity contribution in [1.29, 1.82) is 0 Å². The molecule has 1 unspecified atom stereocenters. The summed E-state index contributed by atoms with van der Waals surface area (Å²) >= 11 is 0. The van der Waals surface area contributed by atoms with Crippen molar-refractivity contribution in [2.45, 2.75) is 46.6 Å². The lowest BCUT2D eigenvalue weighted by Crippen LogP contribution is -2.35. The largest absolute Gasteiger partial charge is 0.383 e. The second-order valence-electron chi connectivity index (χ2n) is 5.73. The number of hydrogen-bond donors (Lipinski definition) is 1. The van der Waals surface area contributed by atoms with Gasteiger partial charge in [-0.3, -0.25) is 0 Å². The molecule has 5 heteroatoms. The first-order chi connectivity index (χ1) is 9.02. The summed E-state index contributed by atoms with van der Waals surface area (Å²) < 4.78 is 7.07. The zero-order valence-electron chi connectivity index (χ0n) is 12.9. The fourth-order valence-corrected chi connectivity index (χ4v) is 2.09. The van der Waals surface area contributed by atoms with E-state index in [4.69, 9.17) is 4.74 Å². The van der Waals surface area contributed by atoms with Crippen LogP contribution in [0.1, 0.15) is 46.0 Å². The summed E-state index contributed by atoms with van der Waals surface area (Å²) in [4.78, 5) is 4.41. The van der Waals surface area contributed by atoms with E-state index in [2.05, 4.69) is 43.1 Å². The van der Waals surface area contributed by atoms with E-state index in [-0.39, 0.29) is 5.41 Å². The Morgan fingerprint density at radius 2 is 2.21 bits per heavy atom. The normalized spacial score (nSPS) is 14.8. The van der Waals surface area contributed by atoms with E-state index in [1.807, 2.05) is 4.68 Å². The molecule has 0 spiro atoms. The van der Waals surface area contributed by atoms with Crippen molar-refractivity contribution in [2.75, 3.05) is 26.8 Å². The number of rotatable bonds is 9. The first-order valence-corrected chi connectivity index (χ1v) is 7.10. The van der Waals surface area contributed by atoms with E-state index in [9.17, 15) is 0 Å². The Labute approximate surface area is 116 Å². The molecular weight excluding hydrogens is 240 g/mol. The first-order valence-electron chi connectivity index (χ1n) is 7.10. The summed E-state index contributed by atoms with van der Waals surface area (Å²) in [5, 5.41) is 7.77. The molecule has 0 aliphatic heterocycles. The Balaban J connectivity index is 2.61. The SMILES string of the molecule is CCC(C)(CNCCOC)Cc1ncnn1C(C)C. The van der Waals surface area contributed by atoms with Crippen LogP contribution < -0.4 is 5.32 Å². The Hall–Kier alpha value is -0.940. The third-order valence-corrected chi connectivity index (χ3v) is 3.61. The summed E-state index contributed by atoms with van der Waals surface area (Å²) in [5.41, 5.74) is 0.202. The molecule has 1 rings (SSSR count). The molecule has 1 aromatic rings. The van der Waals surface area contributed by atoms with E-state index < -0.39 is 0 Å². The average Bonchev–Trinajstić information content (AvgIpc) is 2.83. The van der Waals surface area contributed by atoms with Crippen molar-refractivity contribution >= 4 is 0 Å². The third kappa shape index (κ3) is 4.91. The number of ether oxygens (including phenoxy) is 1. The van der Waals surface area contributed by atoms with Gasteiger partial charge in [0.15, 0.2) is 0 Å². The predicted octanol–water partition coefficient (Wildman–Crippen LogP) is 2.05. The van der Waals surface area contributed by atoms with Gasteiger partial charge in [0, 0.05) is 32.7 Å². The van der Waals surface area contributed by atoms with Gasteiger partial charge in [0.1, 0.15) is 12.2 Å². The van der Waals surface area contributed by atoms with Crippen LogP contribution in [0.5, 0.6) is 0 Å². The fourth-order valence-electron chi connectivity index (χ4n) is 2.09. The molecule has 110 valence electrons. The number of hydrogen-bond acceptors (Lipinski definition) is 4. The highest BCUT2D eigenvalue weighted by molar-refractivity contribution is 4.94. The quantitative estimate of drug-likeness (QED) is 0.697. The molecule has 0 radical (unpaired) electrons. The molecule has 0 aliphatic carbocycles. The summed E-state index contributed by atoms with van der Waals surface area (Å²) in [6.07, 6.45) is 3.71. The highest BCUT2D eigenvalue weighted by Crippen LogP contribution is 2.25. The van der Waals surface area contributed by atoms with Crippen LogP contribution in [0.3, 0.4) is 0 Å². The van der Waals surface area contributed by atoms with Crippen molar-refractivity contribution in [1.82, 2.24) is 20.1 Å². The van der Waals surface area contributed by atoms with Gasteiger partial charge in [-0.15, -0.1) is 0 Å². The lowest BCUT2D eigenvalue weighted by Gasteiger charge is -2.28. The van der Waals surface area contributed by atoms with Crippen LogP contribution in [0.15, 0.2) is 6.33 Å². The Kier molecular flexibility index (Phi) is 6.45. The van der Waals surface area contributed by atoms with Crippen molar-refractivity contribution in [2.24, 2.45) is 5.41 Å². The molecule has 0 fully saturated rings. The monoisotopic (exact) mass is 268 g/mol. The third-order valence-electron chi connectivity index (χ3n) is 3.61. The summed E-state index contributed by atoms with van der Waals surface area (Å²) in [5.74, 6) is 1.08. The highest BCUT2D eigenvalue weighted by atomic mass is 16.5. The molecule has 0 aliphatic rings. The summed E-state index contributed by atoms with van der Waals surface area (Å²) in [6.45, 7) is 11.4. The van der Waals surface area contributed by atoms with Gasteiger partial charge in [0.05, 0.1) is 6.61 Å². The van der Waals surface area contributed by atoms with Crippen molar-refractivity contribution in [3.63, 3.8) is 0 Å². The number of methoxy groups -OCH3 is 1. The smallest absolute Gasteiger partial charge is 0.138 e. The lowest BCUT2D eigenvalue weighted by atomic mass is 9.83. The van der Waals surface area contributed by atoms with Gasteiger partial charge >= 0.3 is 0 Å². The van der Waals surface area contributed by atoms with Crippen LogP contribution in [0.25, 0.3) is 0 Å². The van der Waals surface area contributed by atoms with Crippen LogP contribution in [-0.2, 0) is 11.2 Å². The minimum absolute atomic E-state index is 0.202. The van der Waals surface area contributed by atoms with E-state index in [0.717, 1.165) is 38.4 Å². The zero-order valence-corrected chi connectivity index (χ0v) is 12.9. The Bertz CT molecular complexity index is 364. The molecular formula is C14H28N4O. The van der Waals surface area contributed by atoms with Crippen molar-refractivity contribution in [3.05, 3.63) is 12.2 Å². The summed E-state index contributed by atoms with van der Waals surface area (Å²) in [6, 6.07) is 0.361. The fraction of sp³-hybridized carbons (Fsp3) is 0.857. The topological polar surface area (TPSA) is 52.0 Å². The van der Waals surface area contributed by atoms with E-state index >= 15 is 0 Å². The minimum atomic E-state index is 0.202. The maximum atomic E-state index is 5.06. The van der Waals surface area contributed by atoms with Gasteiger partial charge in [-0.2, -0.15) is 5.10 Å². The molecule has 1 atom stereocenters. The van der Waals surface area contributed by atoms with Crippen LogP contribution >= 0.6 is 0 Å². The van der Waals surface area contributed by atoms with Crippen LogP contribution in [-0.4, -0.2) is 41.6 Å². The minimum Gasteiger partial charge on any atom is -0.383 e. The Morgan fingerprint density at radius 1 is 1.47 bits per heavy atom. The number of aromatic nitrogens is 3. The van der Waals surface area contributed by atoms with E-state index in [1.165, 1.54) is 0 Å². The maximum absolute atomic E-state index is 5.06. The van der Waals surface area contributed by atoms with Crippen LogP contribution in [0, 0.1) is 5.41 Å². The van der Waals surface area contributed by atoms with E-state index in [0.29, 0.717) is 6.04 Å². The molecule has 19 heavy (non-hydrogen) atoms. The average molecular weight is 268 g/mol. The maximum Gasteiger partial charge on any atom is 0.138 e. The molecule has 0 bridgehead atoms. The zero-order chi connectivity index (χ0) is 14.3. The Morgan fingerprint density at radius 3 is 2.79 bits per heavy atom. The lowest BCUT2D eigenvalue weighted by molar-refractivity contribution is 0.190. The standard InChI is InChI=1S/C14H28N4O/c1-6-14(4,10-15-7-8-19-5)9-13-16-11-17-18(13)12(2)3/h11-12,15H,6-10H2,1-5H3. The number of nitrogens with one attached hydrogen (secondary N) is 1. The van der Waals surface area contributed by atoms with Gasteiger partial charge < -0.3 is 10.1 Å². The van der Waals surface area contributed by atoms with Crippen LogP contribution in [0.2, 0.25) is 0 Å². The molecule has 0 saturated heterocycles. The van der Waals surface area contributed by atoms with E-state index in [1.54, 1.807) is 13.4 Å². The molecule has 0 amide bonds. The first kappa shape index (κ1) is 16.1. The molecule has 5 nitrogen and oxygen atoms in total.